The van der Waals surface area contributed by atoms with Crippen LogP contribution in [0, 0.1) is 0 Å². The van der Waals surface area contributed by atoms with E-state index in [0.29, 0.717) is 19.8 Å². The fourth-order valence-electron chi connectivity index (χ4n) is 2.13. The third-order valence-corrected chi connectivity index (χ3v) is 3.34. The zero-order valence-electron chi connectivity index (χ0n) is 15.5. The number of allylic oxidation sites excluding steroid dienone is 4. The van der Waals surface area contributed by atoms with Crippen LogP contribution in [-0.2, 0) is 16.1 Å². The lowest BCUT2D eigenvalue weighted by atomic mass is 10.0. The molecule has 1 aromatic carbocycles. The molecule has 0 bridgehead atoms. The van der Waals surface area contributed by atoms with Crippen LogP contribution < -0.4 is 4.74 Å². The summed E-state index contributed by atoms with van der Waals surface area (Å²) in [6.45, 7) is 11.8. The summed E-state index contributed by atoms with van der Waals surface area (Å²) >= 11 is 0. The summed E-state index contributed by atoms with van der Waals surface area (Å²) in [6.07, 6.45) is 4.03. The van der Waals surface area contributed by atoms with Crippen molar-refractivity contribution in [3.63, 3.8) is 0 Å². The highest BCUT2D eigenvalue weighted by Gasteiger charge is 2.08. The largest absolute Gasteiger partial charge is 0.496 e. The van der Waals surface area contributed by atoms with Gasteiger partial charge in [0.1, 0.15) is 12.4 Å². The standard InChI is InChI=1S/C20H30O4/c1-6-22-11-12-23-17(5)8-7-16(4)19-13-18(14-21)9-10-20(19)24-15(2)3/h7-10,13,15,21H,6,11-12,14H2,1-5H3/b16-7+,17-8+. The van der Waals surface area contributed by atoms with Crippen molar-refractivity contribution >= 4 is 5.57 Å². The molecule has 0 saturated carbocycles. The molecule has 1 N–H and O–H groups in total. The number of aliphatic hydroxyl groups is 1. The zero-order chi connectivity index (χ0) is 17.9. The zero-order valence-corrected chi connectivity index (χ0v) is 15.5. The Hall–Kier alpha value is -1.78. The Morgan fingerprint density at radius 1 is 1.17 bits per heavy atom. The molecule has 0 aliphatic rings. The first-order chi connectivity index (χ1) is 11.5. The van der Waals surface area contributed by atoms with Crippen molar-refractivity contribution in [1.82, 2.24) is 0 Å². The molecule has 0 aliphatic heterocycles. The minimum Gasteiger partial charge on any atom is -0.496 e. The van der Waals surface area contributed by atoms with Gasteiger partial charge < -0.3 is 19.3 Å². The van der Waals surface area contributed by atoms with E-state index in [1.807, 2.05) is 65.0 Å². The average Bonchev–Trinajstić information content (AvgIpc) is 2.56. The summed E-state index contributed by atoms with van der Waals surface area (Å²) in [5.74, 6) is 1.65. The first-order valence-electron chi connectivity index (χ1n) is 8.44. The van der Waals surface area contributed by atoms with Gasteiger partial charge in [-0.25, -0.2) is 0 Å². The molecule has 24 heavy (non-hydrogen) atoms. The molecule has 4 heteroatoms. The SMILES string of the molecule is CCOCCO/C(C)=C/C=C(\C)c1cc(CO)ccc1OC(C)C. The number of aliphatic hydroxyl groups excluding tert-OH is 1. The maximum absolute atomic E-state index is 9.37. The molecule has 0 radical (unpaired) electrons. The lowest BCUT2D eigenvalue weighted by Gasteiger charge is -2.15. The normalized spacial score (nSPS) is 12.6. The Morgan fingerprint density at radius 3 is 2.54 bits per heavy atom. The van der Waals surface area contributed by atoms with Gasteiger partial charge in [0, 0.05) is 12.2 Å². The molecule has 0 heterocycles. The smallest absolute Gasteiger partial charge is 0.127 e. The van der Waals surface area contributed by atoms with E-state index in [2.05, 4.69) is 0 Å². The van der Waals surface area contributed by atoms with E-state index in [-0.39, 0.29) is 12.7 Å². The Labute approximate surface area is 145 Å². The van der Waals surface area contributed by atoms with Crippen LogP contribution in [0.5, 0.6) is 5.75 Å². The van der Waals surface area contributed by atoms with E-state index < -0.39 is 0 Å². The van der Waals surface area contributed by atoms with Gasteiger partial charge in [0.25, 0.3) is 0 Å². The maximum Gasteiger partial charge on any atom is 0.127 e. The lowest BCUT2D eigenvalue weighted by Crippen LogP contribution is -2.07. The number of hydrogen-bond acceptors (Lipinski definition) is 4. The van der Waals surface area contributed by atoms with Crippen molar-refractivity contribution < 1.29 is 19.3 Å². The van der Waals surface area contributed by atoms with Gasteiger partial charge in [0.2, 0.25) is 0 Å². The van der Waals surface area contributed by atoms with E-state index in [0.717, 1.165) is 28.2 Å². The van der Waals surface area contributed by atoms with E-state index in [1.54, 1.807) is 0 Å². The molecule has 0 fully saturated rings. The molecule has 0 amide bonds. The van der Waals surface area contributed by atoms with Crippen LogP contribution in [0.25, 0.3) is 5.57 Å². The molecule has 0 unspecified atom stereocenters. The third kappa shape index (κ3) is 7.20. The van der Waals surface area contributed by atoms with Crippen LogP contribution >= 0.6 is 0 Å². The topological polar surface area (TPSA) is 47.9 Å². The molecule has 134 valence electrons. The number of benzene rings is 1. The van der Waals surface area contributed by atoms with Crippen LogP contribution in [0.2, 0.25) is 0 Å². The van der Waals surface area contributed by atoms with Gasteiger partial charge in [0.05, 0.1) is 25.1 Å². The van der Waals surface area contributed by atoms with Crippen molar-refractivity contribution in [2.75, 3.05) is 19.8 Å². The van der Waals surface area contributed by atoms with Gasteiger partial charge in [0.15, 0.2) is 0 Å². The van der Waals surface area contributed by atoms with Crippen molar-refractivity contribution in [1.29, 1.82) is 0 Å². The molecule has 0 aromatic heterocycles. The monoisotopic (exact) mass is 334 g/mol. The fourth-order valence-corrected chi connectivity index (χ4v) is 2.13. The van der Waals surface area contributed by atoms with Gasteiger partial charge >= 0.3 is 0 Å². The number of ether oxygens (including phenoxy) is 3. The summed E-state index contributed by atoms with van der Waals surface area (Å²) in [5, 5.41) is 9.37. The second-order valence-corrected chi connectivity index (χ2v) is 5.83. The molecule has 0 aliphatic carbocycles. The average molecular weight is 334 g/mol. The summed E-state index contributed by atoms with van der Waals surface area (Å²) in [4.78, 5) is 0. The minimum absolute atomic E-state index is 0.0116. The van der Waals surface area contributed by atoms with Gasteiger partial charge in [-0.2, -0.15) is 0 Å². The van der Waals surface area contributed by atoms with E-state index >= 15 is 0 Å². The Morgan fingerprint density at radius 2 is 1.92 bits per heavy atom. The quantitative estimate of drug-likeness (QED) is 0.393. The number of rotatable bonds is 10. The van der Waals surface area contributed by atoms with Crippen LogP contribution in [0.3, 0.4) is 0 Å². The molecule has 0 atom stereocenters. The minimum atomic E-state index is 0.0116. The summed E-state index contributed by atoms with van der Waals surface area (Å²) in [5.41, 5.74) is 2.89. The molecular weight excluding hydrogens is 304 g/mol. The first kappa shape index (κ1) is 20.3. The number of hydrogen-bond donors (Lipinski definition) is 1. The highest BCUT2D eigenvalue weighted by molar-refractivity contribution is 5.71. The van der Waals surface area contributed by atoms with E-state index in [4.69, 9.17) is 14.2 Å². The van der Waals surface area contributed by atoms with Crippen LogP contribution in [-0.4, -0.2) is 31.0 Å². The van der Waals surface area contributed by atoms with Gasteiger partial charge in [-0.15, -0.1) is 0 Å². The summed E-state index contributed by atoms with van der Waals surface area (Å²) < 4.78 is 16.7. The first-order valence-corrected chi connectivity index (χ1v) is 8.44. The second-order valence-electron chi connectivity index (χ2n) is 5.83. The van der Waals surface area contributed by atoms with Crippen molar-refractivity contribution in [2.24, 2.45) is 0 Å². The predicted octanol–water partition coefficient (Wildman–Crippen LogP) is 4.33. The van der Waals surface area contributed by atoms with E-state index in [9.17, 15) is 5.11 Å². The van der Waals surface area contributed by atoms with Crippen molar-refractivity contribution in [3.8, 4) is 5.75 Å². The highest BCUT2D eigenvalue weighted by Crippen LogP contribution is 2.28. The highest BCUT2D eigenvalue weighted by atomic mass is 16.5. The van der Waals surface area contributed by atoms with Crippen LogP contribution in [0.4, 0.5) is 0 Å². The van der Waals surface area contributed by atoms with Gasteiger partial charge in [-0.3, -0.25) is 0 Å². The van der Waals surface area contributed by atoms with Gasteiger partial charge in [-0.05, 0) is 64.0 Å². The Bertz CT molecular complexity index is 559. The second kappa shape index (κ2) is 10.9. The van der Waals surface area contributed by atoms with Crippen molar-refractivity contribution in [3.05, 3.63) is 47.2 Å². The maximum atomic E-state index is 9.37. The van der Waals surface area contributed by atoms with E-state index in [1.165, 1.54) is 0 Å². The predicted molar refractivity (Wildman–Crippen MR) is 98.0 cm³/mol. The molecule has 1 rings (SSSR count). The Kier molecular flexibility index (Phi) is 9.20. The molecule has 1 aromatic rings. The molecule has 0 saturated heterocycles. The Balaban J connectivity index is 2.88. The molecular formula is C20H30O4. The summed E-state index contributed by atoms with van der Waals surface area (Å²) in [7, 11) is 0. The van der Waals surface area contributed by atoms with Crippen molar-refractivity contribution in [2.45, 2.75) is 47.3 Å². The molecule has 4 nitrogen and oxygen atoms in total. The summed E-state index contributed by atoms with van der Waals surface area (Å²) in [6, 6.07) is 5.75. The third-order valence-electron chi connectivity index (χ3n) is 3.34. The lowest BCUT2D eigenvalue weighted by molar-refractivity contribution is 0.0837. The molecule has 0 spiro atoms. The van der Waals surface area contributed by atoms with Crippen LogP contribution in [0.1, 0.15) is 45.7 Å². The fraction of sp³-hybridized carbons (Fsp3) is 0.500. The van der Waals surface area contributed by atoms with Gasteiger partial charge in [-0.1, -0.05) is 12.1 Å². The van der Waals surface area contributed by atoms with Crippen LogP contribution in [0.15, 0.2) is 36.1 Å².